The molecule has 1 saturated heterocycles. The topological polar surface area (TPSA) is 64.6 Å². The molecule has 6 heteroatoms. The summed E-state index contributed by atoms with van der Waals surface area (Å²) in [5.41, 5.74) is 0.891. The molecule has 1 aromatic carbocycles. The maximum absolute atomic E-state index is 12.1. The Labute approximate surface area is 128 Å². The number of carbonyl (C=O) groups is 2. The van der Waals surface area contributed by atoms with Crippen LogP contribution in [-0.4, -0.2) is 37.7 Å². The van der Waals surface area contributed by atoms with Gasteiger partial charge in [0.2, 0.25) is 5.91 Å². The average Bonchev–Trinajstić information content (AvgIpc) is 3.02. The first-order valence-electron chi connectivity index (χ1n) is 6.84. The molecule has 5 nitrogen and oxygen atoms in total. The summed E-state index contributed by atoms with van der Waals surface area (Å²) in [5, 5.41) is 3.32. The highest BCUT2D eigenvalue weighted by molar-refractivity contribution is 6.30. The number of hydrogen-bond acceptors (Lipinski definition) is 4. The van der Waals surface area contributed by atoms with Gasteiger partial charge in [-0.05, 0) is 30.5 Å². The molecule has 1 aliphatic rings. The van der Waals surface area contributed by atoms with Crippen LogP contribution >= 0.6 is 11.6 Å². The smallest absolute Gasteiger partial charge is 0.328 e. The van der Waals surface area contributed by atoms with Gasteiger partial charge >= 0.3 is 5.97 Å². The van der Waals surface area contributed by atoms with Crippen molar-refractivity contribution in [3.8, 4) is 0 Å². The molecule has 0 radical (unpaired) electrons. The van der Waals surface area contributed by atoms with Crippen LogP contribution in [0.5, 0.6) is 0 Å². The van der Waals surface area contributed by atoms with E-state index in [0.29, 0.717) is 24.5 Å². The minimum absolute atomic E-state index is 0.267. The highest BCUT2D eigenvalue weighted by Gasteiger charge is 2.28. The fourth-order valence-electron chi connectivity index (χ4n) is 2.24. The van der Waals surface area contributed by atoms with E-state index in [-0.39, 0.29) is 5.91 Å². The molecule has 1 amide bonds. The van der Waals surface area contributed by atoms with Crippen molar-refractivity contribution >= 4 is 23.5 Å². The lowest BCUT2D eigenvalue weighted by atomic mass is 10.1. The van der Waals surface area contributed by atoms with Crippen molar-refractivity contribution in [1.82, 2.24) is 5.32 Å². The van der Waals surface area contributed by atoms with Crippen molar-refractivity contribution in [2.24, 2.45) is 0 Å². The first-order valence-corrected chi connectivity index (χ1v) is 7.22. The molecule has 1 aromatic rings. The van der Waals surface area contributed by atoms with Gasteiger partial charge in [0.05, 0.1) is 7.11 Å². The van der Waals surface area contributed by atoms with Gasteiger partial charge in [-0.25, -0.2) is 4.79 Å². The van der Waals surface area contributed by atoms with Crippen molar-refractivity contribution in [2.75, 3.05) is 13.7 Å². The van der Waals surface area contributed by atoms with Crippen molar-refractivity contribution in [2.45, 2.75) is 31.4 Å². The molecule has 0 spiro atoms. The lowest BCUT2D eigenvalue weighted by Gasteiger charge is -2.18. The minimum Gasteiger partial charge on any atom is -0.467 e. The summed E-state index contributed by atoms with van der Waals surface area (Å²) in [7, 11) is 1.30. The number of benzene rings is 1. The molecule has 0 bridgehead atoms. The van der Waals surface area contributed by atoms with E-state index in [2.05, 4.69) is 5.32 Å². The van der Waals surface area contributed by atoms with E-state index in [9.17, 15) is 9.59 Å². The van der Waals surface area contributed by atoms with E-state index in [4.69, 9.17) is 21.1 Å². The number of amides is 1. The van der Waals surface area contributed by atoms with Crippen LogP contribution in [0.15, 0.2) is 24.3 Å². The van der Waals surface area contributed by atoms with Crippen LogP contribution in [0.1, 0.15) is 18.4 Å². The second-order valence-corrected chi connectivity index (χ2v) is 5.35. The van der Waals surface area contributed by atoms with E-state index in [1.54, 1.807) is 12.1 Å². The van der Waals surface area contributed by atoms with Crippen molar-refractivity contribution in [3.05, 3.63) is 34.9 Å². The van der Waals surface area contributed by atoms with Crippen LogP contribution in [-0.2, 0) is 25.5 Å². The summed E-state index contributed by atoms with van der Waals surface area (Å²) < 4.78 is 10.1. The molecule has 1 N–H and O–H groups in total. The number of nitrogens with one attached hydrogen (secondary N) is 1. The number of rotatable bonds is 5. The van der Waals surface area contributed by atoms with E-state index >= 15 is 0 Å². The van der Waals surface area contributed by atoms with E-state index in [1.165, 1.54) is 7.11 Å². The Balaban J connectivity index is 2.01. The van der Waals surface area contributed by atoms with Crippen molar-refractivity contribution < 1.29 is 19.1 Å². The Kier molecular flexibility index (Phi) is 5.59. The normalized spacial score (nSPS) is 19.0. The molecule has 0 aromatic heterocycles. The summed E-state index contributed by atoms with van der Waals surface area (Å²) in [4.78, 5) is 23.9. The third-order valence-electron chi connectivity index (χ3n) is 3.38. The predicted molar refractivity (Wildman–Crippen MR) is 78.1 cm³/mol. The number of methoxy groups -OCH3 is 1. The number of ether oxygens (including phenoxy) is 2. The van der Waals surface area contributed by atoms with E-state index < -0.39 is 18.1 Å². The highest BCUT2D eigenvalue weighted by atomic mass is 35.5. The molecule has 0 unspecified atom stereocenters. The van der Waals surface area contributed by atoms with Gasteiger partial charge in [0.25, 0.3) is 0 Å². The maximum atomic E-state index is 12.1. The monoisotopic (exact) mass is 311 g/mol. The Morgan fingerprint density at radius 3 is 2.71 bits per heavy atom. The summed E-state index contributed by atoms with van der Waals surface area (Å²) >= 11 is 5.83. The van der Waals surface area contributed by atoms with Gasteiger partial charge in [-0.3, -0.25) is 4.79 Å². The zero-order valence-electron chi connectivity index (χ0n) is 11.8. The SMILES string of the molecule is COC(=O)[C@H](Cc1ccc(Cl)cc1)NC(=O)[C@@H]1CCCO1. The van der Waals surface area contributed by atoms with E-state index in [0.717, 1.165) is 12.0 Å². The summed E-state index contributed by atoms with van der Waals surface area (Å²) in [6.45, 7) is 0.582. The molecule has 1 fully saturated rings. The van der Waals surface area contributed by atoms with Crippen LogP contribution in [0, 0.1) is 0 Å². The second kappa shape index (κ2) is 7.43. The molecule has 0 aliphatic carbocycles. The standard InChI is InChI=1S/C15H18ClNO4/c1-20-15(19)12(9-10-4-6-11(16)7-5-10)17-14(18)13-3-2-8-21-13/h4-7,12-13H,2-3,8-9H2,1H3,(H,17,18)/t12-,13-/m0/s1. The lowest BCUT2D eigenvalue weighted by molar-refractivity contribution is -0.146. The summed E-state index contributed by atoms with van der Waals surface area (Å²) in [5.74, 6) is -0.742. The molecular formula is C15H18ClNO4. The van der Waals surface area contributed by atoms with Crippen LogP contribution in [0.25, 0.3) is 0 Å². The van der Waals surface area contributed by atoms with Crippen molar-refractivity contribution in [3.63, 3.8) is 0 Å². The van der Waals surface area contributed by atoms with Crippen LogP contribution in [0.3, 0.4) is 0 Å². The minimum atomic E-state index is -0.729. The Morgan fingerprint density at radius 2 is 2.14 bits per heavy atom. The molecule has 114 valence electrons. The van der Waals surface area contributed by atoms with Gasteiger partial charge in [0, 0.05) is 18.1 Å². The Hall–Kier alpha value is -1.59. The molecule has 1 aliphatic heterocycles. The fourth-order valence-corrected chi connectivity index (χ4v) is 2.37. The summed E-state index contributed by atoms with van der Waals surface area (Å²) in [6.07, 6.45) is 1.42. The largest absolute Gasteiger partial charge is 0.467 e. The third kappa shape index (κ3) is 4.44. The van der Waals surface area contributed by atoms with Gasteiger partial charge in [0.1, 0.15) is 12.1 Å². The molecule has 0 saturated carbocycles. The fraction of sp³-hybridized carbons (Fsp3) is 0.467. The molecular weight excluding hydrogens is 294 g/mol. The maximum Gasteiger partial charge on any atom is 0.328 e. The van der Waals surface area contributed by atoms with E-state index in [1.807, 2.05) is 12.1 Å². The molecule has 2 atom stereocenters. The number of esters is 1. The number of hydrogen-bond donors (Lipinski definition) is 1. The van der Waals surface area contributed by atoms with Gasteiger partial charge in [0.15, 0.2) is 0 Å². The lowest BCUT2D eigenvalue weighted by Crippen LogP contribution is -2.47. The molecule has 1 heterocycles. The average molecular weight is 312 g/mol. The van der Waals surface area contributed by atoms with Crippen LogP contribution < -0.4 is 5.32 Å². The van der Waals surface area contributed by atoms with Crippen LogP contribution in [0.2, 0.25) is 5.02 Å². The Morgan fingerprint density at radius 1 is 1.43 bits per heavy atom. The summed E-state index contributed by atoms with van der Waals surface area (Å²) in [6, 6.07) is 6.39. The highest BCUT2D eigenvalue weighted by Crippen LogP contribution is 2.14. The number of halogens is 1. The van der Waals surface area contributed by atoms with Crippen LogP contribution in [0.4, 0.5) is 0 Å². The third-order valence-corrected chi connectivity index (χ3v) is 3.63. The van der Waals surface area contributed by atoms with Gasteiger partial charge in [-0.1, -0.05) is 23.7 Å². The quantitative estimate of drug-likeness (QED) is 0.841. The van der Waals surface area contributed by atoms with Gasteiger partial charge < -0.3 is 14.8 Å². The Bertz CT molecular complexity index is 497. The second-order valence-electron chi connectivity index (χ2n) is 4.92. The number of carbonyl (C=O) groups excluding carboxylic acids is 2. The zero-order valence-corrected chi connectivity index (χ0v) is 12.6. The predicted octanol–water partition coefficient (Wildman–Crippen LogP) is 1.72. The molecule has 21 heavy (non-hydrogen) atoms. The molecule has 2 rings (SSSR count). The first-order chi connectivity index (χ1) is 10.1. The van der Waals surface area contributed by atoms with Crippen molar-refractivity contribution in [1.29, 1.82) is 0 Å². The van der Waals surface area contributed by atoms with Gasteiger partial charge in [-0.2, -0.15) is 0 Å². The zero-order chi connectivity index (χ0) is 15.2. The van der Waals surface area contributed by atoms with Gasteiger partial charge in [-0.15, -0.1) is 0 Å². The first kappa shape index (κ1) is 15.8.